The van der Waals surface area contributed by atoms with Crippen LogP contribution in [-0.2, 0) is 9.53 Å². The SMILES string of the molecule is CC(O)=C(C#N)C(=O)OCC=Cc1ccccc1. The normalized spacial score (nSPS) is 11.8. The molecule has 0 bridgehead atoms. The summed E-state index contributed by atoms with van der Waals surface area (Å²) in [5, 5.41) is 17.7. The van der Waals surface area contributed by atoms with Gasteiger partial charge in [-0.2, -0.15) is 5.26 Å². The summed E-state index contributed by atoms with van der Waals surface area (Å²) < 4.78 is 4.81. The van der Waals surface area contributed by atoms with Gasteiger partial charge in [0.2, 0.25) is 0 Å². The molecule has 0 saturated carbocycles. The maximum atomic E-state index is 11.3. The second-order valence-corrected chi connectivity index (χ2v) is 3.48. The van der Waals surface area contributed by atoms with Crippen molar-refractivity contribution in [3.8, 4) is 6.07 Å². The standard InChI is InChI=1S/C14H13NO3/c1-11(16)13(10-15)14(17)18-9-5-8-12-6-3-2-4-7-12/h2-8,16H,9H2,1H3. The molecular weight excluding hydrogens is 230 g/mol. The number of hydrogen-bond acceptors (Lipinski definition) is 4. The monoisotopic (exact) mass is 243 g/mol. The van der Waals surface area contributed by atoms with Crippen LogP contribution in [0.25, 0.3) is 6.08 Å². The zero-order valence-electron chi connectivity index (χ0n) is 9.96. The van der Waals surface area contributed by atoms with Gasteiger partial charge in [0.1, 0.15) is 18.4 Å². The molecule has 0 aromatic heterocycles. The molecule has 0 atom stereocenters. The fourth-order valence-electron chi connectivity index (χ4n) is 1.22. The predicted molar refractivity (Wildman–Crippen MR) is 67.4 cm³/mol. The summed E-state index contributed by atoms with van der Waals surface area (Å²) in [7, 11) is 0. The van der Waals surface area contributed by atoms with Crippen molar-refractivity contribution >= 4 is 12.0 Å². The van der Waals surface area contributed by atoms with Crippen molar-refractivity contribution in [3.63, 3.8) is 0 Å². The molecule has 0 amide bonds. The highest BCUT2D eigenvalue weighted by molar-refractivity contribution is 5.93. The molecule has 0 radical (unpaired) electrons. The van der Waals surface area contributed by atoms with Gasteiger partial charge in [0.15, 0.2) is 5.57 Å². The molecule has 1 aromatic rings. The Morgan fingerprint density at radius 2 is 2.11 bits per heavy atom. The Labute approximate surface area is 105 Å². The number of benzene rings is 1. The van der Waals surface area contributed by atoms with Crippen LogP contribution in [0.15, 0.2) is 47.7 Å². The van der Waals surface area contributed by atoms with Gasteiger partial charge in [-0.3, -0.25) is 0 Å². The second kappa shape index (κ2) is 6.92. The third kappa shape index (κ3) is 4.14. The van der Waals surface area contributed by atoms with E-state index < -0.39 is 5.97 Å². The van der Waals surface area contributed by atoms with Crippen LogP contribution >= 0.6 is 0 Å². The summed E-state index contributed by atoms with van der Waals surface area (Å²) in [6.45, 7) is 1.31. The zero-order valence-corrected chi connectivity index (χ0v) is 9.96. The van der Waals surface area contributed by atoms with Crippen LogP contribution < -0.4 is 0 Å². The molecule has 92 valence electrons. The molecule has 4 heteroatoms. The number of aliphatic hydroxyl groups excluding tert-OH is 1. The summed E-state index contributed by atoms with van der Waals surface area (Å²) in [6.07, 6.45) is 3.46. The van der Waals surface area contributed by atoms with Crippen LogP contribution in [-0.4, -0.2) is 17.7 Å². The van der Waals surface area contributed by atoms with Crippen LogP contribution in [0.2, 0.25) is 0 Å². The van der Waals surface area contributed by atoms with E-state index in [2.05, 4.69) is 0 Å². The molecule has 0 aliphatic rings. The fraction of sp³-hybridized carbons (Fsp3) is 0.143. The average molecular weight is 243 g/mol. The first-order valence-corrected chi connectivity index (χ1v) is 5.34. The maximum absolute atomic E-state index is 11.3. The number of allylic oxidation sites excluding steroid dienone is 1. The van der Waals surface area contributed by atoms with Crippen LogP contribution in [0.4, 0.5) is 0 Å². The minimum atomic E-state index is -0.824. The van der Waals surface area contributed by atoms with Crippen LogP contribution in [0, 0.1) is 11.3 Å². The van der Waals surface area contributed by atoms with Gasteiger partial charge >= 0.3 is 5.97 Å². The fourth-order valence-corrected chi connectivity index (χ4v) is 1.22. The molecule has 0 heterocycles. The summed E-state index contributed by atoms with van der Waals surface area (Å²) in [6, 6.07) is 11.1. The van der Waals surface area contributed by atoms with E-state index in [9.17, 15) is 4.79 Å². The van der Waals surface area contributed by atoms with E-state index in [1.54, 1.807) is 18.2 Å². The molecule has 1 aromatic carbocycles. The Morgan fingerprint density at radius 1 is 1.44 bits per heavy atom. The minimum absolute atomic E-state index is 0.0478. The number of ether oxygens (including phenoxy) is 1. The van der Waals surface area contributed by atoms with Crippen molar-refractivity contribution in [2.75, 3.05) is 6.61 Å². The Kier molecular flexibility index (Phi) is 5.20. The van der Waals surface area contributed by atoms with Crippen LogP contribution in [0.5, 0.6) is 0 Å². The Morgan fingerprint density at radius 3 is 2.67 bits per heavy atom. The van der Waals surface area contributed by atoms with Gasteiger partial charge < -0.3 is 9.84 Å². The molecule has 0 fully saturated rings. The summed E-state index contributed by atoms with van der Waals surface area (Å²) >= 11 is 0. The Balaban J connectivity index is 2.49. The number of nitriles is 1. The topological polar surface area (TPSA) is 70.3 Å². The van der Waals surface area contributed by atoms with E-state index in [0.29, 0.717) is 0 Å². The minimum Gasteiger partial charge on any atom is -0.511 e. The first kappa shape index (κ1) is 13.5. The number of rotatable bonds is 4. The molecule has 0 spiro atoms. The quantitative estimate of drug-likeness (QED) is 0.382. The average Bonchev–Trinajstić information content (AvgIpc) is 2.36. The van der Waals surface area contributed by atoms with E-state index in [4.69, 9.17) is 15.1 Å². The van der Waals surface area contributed by atoms with Crippen molar-refractivity contribution in [1.82, 2.24) is 0 Å². The van der Waals surface area contributed by atoms with Crippen molar-refractivity contribution < 1.29 is 14.6 Å². The molecule has 1 N–H and O–H groups in total. The third-order valence-corrected chi connectivity index (χ3v) is 2.10. The number of carbonyl (C=O) groups excluding carboxylic acids is 1. The number of aliphatic hydroxyl groups is 1. The van der Waals surface area contributed by atoms with Gasteiger partial charge in [0.05, 0.1) is 0 Å². The Hall–Kier alpha value is -2.54. The lowest BCUT2D eigenvalue weighted by atomic mass is 10.2. The molecule has 0 unspecified atom stereocenters. The van der Waals surface area contributed by atoms with Gasteiger partial charge in [-0.25, -0.2) is 4.79 Å². The van der Waals surface area contributed by atoms with Crippen molar-refractivity contribution in [2.24, 2.45) is 0 Å². The lowest BCUT2D eigenvalue weighted by Gasteiger charge is -2.00. The van der Waals surface area contributed by atoms with Gasteiger partial charge in [-0.15, -0.1) is 0 Å². The van der Waals surface area contributed by atoms with Crippen LogP contribution in [0.1, 0.15) is 12.5 Å². The molecule has 0 aliphatic heterocycles. The van der Waals surface area contributed by atoms with Gasteiger partial charge in [0, 0.05) is 0 Å². The summed E-state index contributed by atoms with van der Waals surface area (Å²) in [5.74, 6) is -1.16. The molecule has 0 saturated heterocycles. The number of hydrogen-bond donors (Lipinski definition) is 1. The van der Waals surface area contributed by atoms with Gasteiger partial charge in [0.25, 0.3) is 0 Å². The highest BCUT2D eigenvalue weighted by Gasteiger charge is 2.12. The summed E-state index contributed by atoms with van der Waals surface area (Å²) in [5.41, 5.74) is 0.617. The largest absolute Gasteiger partial charge is 0.511 e. The van der Waals surface area contributed by atoms with Crippen LogP contribution in [0.3, 0.4) is 0 Å². The molecular formula is C14H13NO3. The number of nitrogens with zero attached hydrogens (tertiary/aromatic N) is 1. The lowest BCUT2D eigenvalue weighted by Crippen LogP contribution is -2.08. The zero-order chi connectivity index (χ0) is 13.4. The van der Waals surface area contributed by atoms with Gasteiger partial charge in [-0.1, -0.05) is 36.4 Å². The third-order valence-electron chi connectivity index (χ3n) is 2.10. The smallest absolute Gasteiger partial charge is 0.352 e. The molecule has 4 nitrogen and oxygen atoms in total. The van der Waals surface area contributed by atoms with E-state index in [0.717, 1.165) is 5.56 Å². The Bertz CT molecular complexity index is 506. The second-order valence-electron chi connectivity index (χ2n) is 3.48. The number of carbonyl (C=O) groups is 1. The van der Waals surface area contributed by atoms with Crippen molar-refractivity contribution in [2.45, 2.75) is 6.92 Å². The molecule has 18 heavy (non-hydrogen) atoms. The number of esters is 1. The van der Waals surface area contributed by atoms with Gasteiger partial charge in [-0.05, 0) is 18.6 Å². The highest BCUT2D eigenvalue weighted by Crippen LogP contribution is 2.03. The summed E-state index contributed by atoms with van der Waals surface area (Å²) in [4.78, 5) is 11.3. The first-order chi connectivity index (χ1) is 8.65. The lowest BCUT2D eigenvalue weighted by molar-refractivity contribution is -0.137. The maximum Gasteiger partial charge on any atom is 0.352 e. The van der Waals surface area contributed by atoms with Crippen molar-refractivity contribution in [3.05, 3.63) is 53.3 Å². The van der Waals surface area contributed by atoms with Crippen molar-refractivity contribution in [1.29, 1.82) is 5.26 Å². The van der Waals surface area contributed by atoms with E-state index >= 15 is 0 Å². The van der Waals surface area contributed by atoms with E-state index in [-0.39, 0.29) is 17.9 Å². The molecule has 1 rings (SSSR count). The van der Waals surface area contributed by atoms with E-state index in [1.165, 1.54) is 6.92 Å². The predicted octanol–water partition coefficient (Wildman–Crippen LogP) is 2.60. The molecule has 0 aliphatic carbocycles. The van der Waals surface area contributed by atoms with E-state index in [1.807, 2.05) is 30.3 Å². The highest BCUT2D eigenvalue weighted by atomic mass is 16.5. The first-order valence-electron chi connectivity index (χ1n) is 5.34.